The van der Waals surface area contributed by atoms with Gasteiger partial charge in [0.2, 0.25) is 0 Å². The maximum Gasteiger partial charge on any atom is 0.325 e. The van der Waals surface area contributed by atoms with Crippen LogP contribution in [0.25, 0.3) is 0 Å². The van der Waals surface area contributed by atoms with E-state index in [4.69, 9.17) is 4.74 Å². The van der Waals surface area contributed by atoms with Crippen LogP contribution < -0.4 is 10.1 Å². The van der Waals surface area contributed by atoms with E-state index in [1.54, 1.807) is 14.0 Å². The molecule has 1 aliphatic heterocycles. The molecule has 1 atom stereocenters. The Morgan fingerprint density at radius 3 is 2.57 bits per heavy atom. The van der Waals surface area contributed by atoms with Crippen LogP contribution in [-0.2, 0) is 17.8 Å². The maximum atomic E-state index is 13.1. The monoisotopic (exact) mass is 411 g/mol. The second kappa shape index (κ2) is 8.34. The van der Waals surface area contributed by atoms with Gasteiger partial charge >= 0.3 is 6.03 Å². The second-order valence-corrected chi connectivity index (χ2v) is 8.00. The molecule has 0 aliphatic carbocycles. The first-order valence-electron chi connectivity index (χ1n) is 10.2. The number of ether oxygens (including phenoxy) is 1. The fraction of sp³-hybridized carbons (Fsp3) is 0.435. The molecule has 30 heavy (non-hydrogen) atoms. The lowest BCUT2D eigenvalue weighted by Crippen LogP contribution is -2.46. The van der Waals surface area contributed by atoms with Crippen molar-refractivity contribution in [3.8, 4) is 5.75 Å². The van der Waals surface area contributed by atoms with Gasteiger partial charge in [0.15, 0.2) is 5.78 Å². The molecule has 1 aromatic heterocycles. The predicted molar refractivity (Wildman–Crippen MR) is 114 cm³/mol. The summed E-state index contributed by atoms with van der Waals surface area (Å²) in [6, 6.07) is 8.66. The fourth-order valence-electron chi connectivity index (χ4n) is 4.12. The van der Waals surface area contributed by atoms with Crippen molar-refractivity contribution < 1.29 is 19.1 Å². The van der Waals surface area contributed by atoms with Crippen molar-refractivity contribution in [2.45, 2.75) is 52.6 Å². The van der Waals surface area contributed by atoms with E-state index in [-0.39, 0.29) is 18.7 Å². The number of nitrogens with zero attached hydrogens (tertiary/aromatic N) is 2. The van der Waals surface area contributed by atoms with Crippen LogP contribution in [0.4, 0.5) is 4.79 Å². The SMILES string of the molecule is CCCn1c(C)cc(C(=O)CN2C(=O)N[C@@](C)(Cc3ccccc3OC)C2=O)c1C. The van der Waals surface area contributed by atoms with Gasteiger partial charge in [0.25, 0.3) is 5.91 Å². The summed E-state index contributed by atoms with van der Waals surface area (Å²) in [5.41, 5.74) is 2.09. The quantitative estimate of drug-likeness (QED) is 0.534. The molecule has 0 bridgehead atoms. The van der Waals surface area contributed by atoms with Crippen molar-refractivity contribution in [2.24, 2.45) is 0 Å². The number of para-hydroxylation sites is 1. The minimum atomic E-state index is -1.13. The molecule has 0 saturated carbocycles. The first-order valence-corrected chi connectivity index (χ1v) is 10.2. The number of urea groups is 1. The molecule has 1 aliphatic rings. The van der Waals surface area contributed by atoms with Crippen LogP contribution in [-0.4, -0.2) is 46.4 Å². The maximum absolute atomic E-state index is 13.1. The molecule has 3 rings (SSSR count). The molecule has 3 amide bonds. The number of benzene rings is 1. The Morgan fingerprint density at radius 2 is 1.90 bits per heavy atom. The van der Waals surface area contributed by atoms with E-state index in [2.05, 4.69) is 16.8 Å². The molecule has 0 unspecified atom stereocenters. The molecule has 1 aromatic carbocycles. The van der Waals surface area contributed by atoms with E-state index < -0.39 is 17.5 Å². The molecule has 7 nitrogen and oxygen atoms in total. The summed E-state index contributed by atoms with van der Waals surface area (Å²) >= 11 is 0. The van der Waals surface area contributed by atoms with Gasteiger partial charge in [-0.05, 0) is 44.9 Å². The van der Waals surface area contributed by atoms with Crippen LogP contribution in [0.2, 0.25) is 0 Å². The van der Waals surface area contributed by atoms with Crippen LogP contribution >= 0.6 is 0 Å². The van der Waals surface area contributed by atoms with E-state index in [0.717, 1.165) is 34.8 Å². The lowest BCUT2D eigenvalue weighted by Gasteiger charge is -2.22. The molecule has 1 fully saturated rings. The lowest BCUT2D eigenvalue weighted by atomic mass is 9.92. The van der Waals surface area contributed by atoms with Crippen LogP contribution in [0, 0.1) is 13.8 Å². The van der Waals surface area contributed by atoms with E-state index in [0.29, 0.717) is 11.3 Å². The Kier molecular flexibility index (Phi) is 6.01. The Morgan fingerprint density at radius 1 is 1.20 bits per heavy atom. The van der Waals surface area contributed by atoms with Gasteiger partial charge in [-0.15, -0.1) is 0 Å². The summed E-state index contributed by atoms with van der Waals surface area (Å²) in [6.07, 6.45) is 1.23. The summed E-state index contributed by atoms with van der Waals surface area (Å²) in [5, 5.41) is 2.76. The molecule has 2 heterocycles. The molecular formula is C23H29N3O4. The van der Waals surface area contributed by atoms with Gasteiger partial charge in [-0.25, -0.2) is 4.79 Å². The summed E-state index contributed by atoms with van der Waals surface area (Å²) in [6.45, 7) is 8.16. The number of carbonyl (C=O) groups is 3. The van der Waals surface area contributed by atoms with Crippen molar-refractivity contribution in [2.75, 3.05) is 13.7 Å². The highest BCUT2D eigenvalue weighted by Crippen LogP contribution is 2.28. The van der Waals surface area contributed by atoms with Crippen molar-refractivity contribution in [1.82, 2.24) is 14.8 Å². The predicted octanol–water partition coefficient (Wildman–Crippen LogP) is 3.26. The number of nitrogens with one attached hydrogen (secondary N) is 1. The number of amides is 3. The molecular weight excluding hydrogens is 382 g/mol. The van der Waals surface area contributed by atoms with Crippen LogP contribution in [0.3, 0.4) is 0 Å². The molecule has 2 aromatic rings. The van der Waals surface area contributed by atoms with Gasteiger partial charge < -0.3 is 14.6 Å². The third kappa shape index (κ3) is 3.84. The number of aryl methyl sites for hydroxylation is 1. The summed E-state index contributed by atoms with van der Waals surface area (Å²) in [4.78, 5) is 39.7. The van der Waals surface area contributed by atoms with Crippen molar-refractivity contribution >= 4 is 17.7 Å². The Balaban J connectivity index is 1.80. The Hall–Kier alpha value is -3.09. The fourth-order valence-corrected chi connectivity index (χ4v) is 4.12. The van der Waals surface area contributed by atoms with Crippen molar-refractivity contribution in [3.63, 3.8) is 0 Å². The zero-order chi connectivity index (χ0) is 22.1. The van der Waals surface area contributed by atoms with Crippen molar-refractivity contribution in [1.29, 1.82) is 0 Å². The zero-order valence-corrected chi connectivity index (χ0v) is 18.2. The molecule has 1 N–H and O–H groups in total. The van der Waals surface area contributed by atoms with Gasteiger partial charge in [-0.3, -0.25) is 14.5 Å². The van der Waals surface area contributed by atoms with Gasteiger partial charge in [-0.2, -0.15) is 0 Å². The van der Waals surface area contributed by atoms with Crippen LogP contribution in [0.15, 0.2) is 30.3 Å². The number of hydrogen-bond acceptors (Lipinski definition) is 4. The third-order valence-corrected chi connectivity index (χ3v) is 5.70. The Labute approximate surface area is 177 Å². The smallest absolute Gasteiger partial charge is 0.325 e. The van der Waals surface area contributed by atoms with Crippen LogP contribution in [0.5, 0.6) is 5.75 Å². The summed E-state index contributed by atoms with van der Waals surface area (Å²) in [5.74, 6) is 0.00304. The minimum absolute atomic E-state index is 0.240. The first kappa shape index (κ1) is 21.6. The topological polar surface area (TPSA) is 80.6 Å². The Bertz CT molecular complexity index is 994. The number of aromatic nitrogens is 1. The number of hydrogen-bond donors (Lipinski definition) is 1. The average molecular weight is 412 g/mol. The van der Waals surface area contributed by atoms with Gasteiger partial charge in [0, 0.05) is 29.9 Å². The lowest BCUT2D eigenvalue weighted by molar-refractivity contribution is -0.130. The van der Waals surface area contributed by atoms with E-state index in [1.807, 2.05) is 44.2 Å². The minimum Gasteiger partial charge on any atom is -0.496 e. The number of imide groups is 1. The number of rotatable bonds is 8. The zero-order valence-electron chi connectivity index (χ0n) is 18.2. The highest BCUT2D eigenvalue weighted by atomic mass is 16.5. The molecule has 160 valence electrons. The van der Waals surface area contributed by atoms with Gasteiger partial charge in [0.05, 0.1) is 13.7 Å². The number of ketones is 1. The average Bonchev–Trinajstić information content (AvgIpc) is 3.10. The number of carbonyl (C=O) groups excluding carboxylic acids is 3. The van der Waals surface area contributed by atoms with E-state index in [9.17, 15) is 14.4 Å². The highest BCUT2D eigenvalue weighted by molar-refractivity contribution is 6.11. The second-order valence-electron chi connectivity index (χ2n) is 8.00. The van der Waals surface area contributed by atoms with Gasteiger partial charge in [-0.1, -0.05) is 25.1 Å². The largest absolute Gasteiger partial charge is 0.496 e. The number of methoxy groups -OCH3 is 1. The molecule has 0 spiro atoms. The first-order chi connectivity index (χ1) is 14.2. The van der Waals surface area contributed by atoms with Gasteiger partial charge in [0.1, 0.15) is 11.3 Å². The van der Waals surface area contributed by atoms with E-state index >= 15 is 0 Å². The standard InChI is InChI=1S/C23H29N3O4/c1-6-11-25-15(2)12-18(16(25)3)19(27)14-26-21(28)23(4,24-22(26)29)13-17-9-7-8-10-20(17)30-5/h7-10,12H,6,11,13-14H2,1-5H3,(H,24,29)/t23-/m0/s1. The van der Waals surface area contributed by atoms with Crippen LogP contribution in [0.1, 0.15) is 47.6 Å². The molecule has 0 radical (unpaired) electrons. The molecule has 1 saturated heterocycles. The number of Topliss-reactive ketones (excluding diaryl/α,β-unsaturated/α-hetero) is 1. The highest BCUT2D eigenvalue weighted by Gasteiger charge is 2.48. The molecule has 7 heteroatoms. The summed E-state index contributed by atoms with van der Waals surface area (Å²) < 4.78 is 7.45. The van der Waals surface area contributed by atoms with E-state index in [1.165, 1.54) is 0 Å². The summed E-state index contributed by atoms with van der Waals surface area (Å²) in [7, 11) is 1.57. The third-order valence-electron chi connectivity index (χ3n) is 5.70. The van der Waals surface area contributed by atoms with Crippen molar-refractivity contribution in [3.05, 3.63) is 52.8 Å². The normalized spacial score (nSPS) is 18.6.